The highest BCUT2D eigenvalue weighted by atomic mass is 35.5. The lowest BCUT2D eigenvalue weighted by molar-refractivity contribution is 0.320. The Kier molecular flexibility index (Phi) is 4.91. The zero-order valence-corrected chi connectivity index (χ0v) is 13.6. The van der Waals surface area contributed by atoms with Crippen LogP contribution in [0, 0.1) is 0 Å². The Bertz CT molecular complexity index is 697. The van der Waals surface area contributed by atoms with Gasteiger partial charge in [-0.05, 0) is 42.7 Å². The molecule has 1 aliphatic heterocycles. The molecule has 114 valence electrons. The van der Waals surface area contributed by atoms with Crippen molar-refractivity contribution in [2.24, 2.45) is 0 Å². The molecule has 1 heterocycles. The zero-order valence-electron chi connectivity index (χ0n) is 12.1. The van der Waals surface area contributed by atoms with E-state index in [4.69, 9.17) is 27.9 Å². The summed E-state index contributed by atoms with van der Waals surface area (Å²) in [4.78, 5) is 0. The molecule has 0 saturated heterocycles. The molecular weight excluding hydrogens is 317 g/mol. The number of halogens is 2. The van der Waals surface area contributed by atoms with Gasteiger partial charge in [-0.3, -0.25) is 0 Å². The zero-order chi connectivity index (χ0) is 15.4. The summed E-state index contributed by atoms with van der Waals surface area (Å²) < 4.78 is 5.75. The van der Waals surface area contributed by atoms with Crippen molar-refractivity contribution >= 4 is 28.9 Å². The van der Waals surface area contributed by atoms with Crippen LogP contribution in [0.2, 0.25) is 10.0 Å². The monoisotopic (exact) mass is 333 g/mol. The molecule has 2 aromatic rings. The fourth-order valence-electron chi connectivity index (χ4n) is 2.51. The van der Waals surface area contributed by atoms with E-state index in [-0.39, 0.29) is 0 Å². The van der Waals surface area contributed by atoms with E-state index in [1.165, 1.54) is 16.8 Å². The van der Waals surface area contributed by atoms with Crippen LogP contribution in [0.25, 0.3) is 0 Å². The van der Waals surface area contributed by atoms with E-state index in [1.807, 2.05) is 0 Å². The number of nitrogens with one attached hydrogen (secondary N) is 1. The number of rotatable bonds is 4. The number of hydrogen-bond acceptors (Lipinski definition) is 2. The second kappa shape index (κ2) is 7.08. The number of benzene rings is 2. The molecule has 2 nitrogen and oxygen atoms in total. The van der Waals surface area contributed by atoms with Crippen LogP contribution < -0.4 is 10.1 Å². The van der Waals surface area contributed by atoms with E-state index in [2.05, 4.69) is 35.8 Å². The molecule has 0 bridgehead atoms. The molecule has 4 heteroatoms. The third kappa shape index (κ3) is 3.76. The summed E-state index contributed by atoms with van der Waals surface area (Å²) in [7, 11) is 0. The summed E-state index contributed by atoms with van der Waals surface area (Å²) in [5.41, 5.74) is 3.90. The molecular formula is C18H17Cl2NO. The first-order valence-corrected chi connectivity index (χ1v) is 8.08. The molecule has 0 aliphatic carbocycles. The molecule has 2 aromatic carbocycles. The van der Waals surface area contributed by atoms with E-state index >= 15 is 0 Å². The number of fused-ring (bicyclic) bond motifs is 1. The number of aryl methyl sites for hydroxylation is 1. The molecule has 0 atom stereocenters. The lowest BCUT2D eigenvalue weighted by Crippen LogP contribution is -2.01. The number of anilines is 1. The van der Waals surface area contributed by atoms with Crippen molar-refractivity contribution in [3.8, 4) is 5.75 Å². The van der Waals surface area contributed by atoms with Gasteiger partial charge in [0.25, 0.3) is 0 Å². The Hall–Kier alpha value is -1.64. The molecule has 0 unspecified atom stereocenters. The van der Waals surface area contributed by atoms with Gasteiger partial charge in [0.15, 0.2) is 0 Å². The molecule has 0 aromatic heterocycles. The first-order valence-electron chi connectivity index (χ1n) is 7.32. The summed E-state index contributed by atoms with van der Waals surface area (Å²) in [6, 6.07) is 13.7. The minimum atomic E-state index is 0.549. The predicted octanol–water partition coefficient (Wildman–Crippen LogP) is 5.70. The molecule has 0 spiro atoms. The maximum atomic E-state index is 6.10. The van der Waals surface area contributed by atoms with Gasteiger partial charge in [0, 0.05) is 23.3 Å². The second-order valence-electron chi connectivity index (χ2n) is 5.28. The highest BCUT2D eigenvalue weighted by Gasteiger charge is 2.09. The second-order valence-corrected chi connectivity index (χ2v) is 6.12. The Labute approximate surface area is 140 Å². The Morgan fingerprint density at radius 3 is 2.77 bits per heavy atom. The number of para-hydroxylation sites is 1. The average Bonchev–Trinajstić information content (AvgIpc) is 2.72. The van der Waals surface area contributed by atoms with Crippen molar-refractivity contribution in [2.45, 2.75) is 19.3 Å². The van der Waals surface area contributed by atoms with Crippen LogP contribution in [0.3, 0.4) is 0 Å². The minimum absolute atomic E-state index is 0.549. The maximum absolute atomic E-state index is 6.10. The predicted molar refractivity (Wildman–Crippen MR) is 93.0 cm³/mol. The largest absolute Gasteiger partial charge is 0.492 e. The van der Waals surface area contributed by atoms with Crippen LogP contribution in [-0.4, -0.2) is 6.61 Å². The first-order chi connectivity index (χ1) is 10.7. The minimum Gasteiger partial charge on any atom is -0.492 e. The third-order valence-corrected chi connectivity index (χ3v) is 4.27. The van der Waals surface area contributed by atoms with Crippen LogP contribution in [0.4, 0.5) is 5.69 Å². The number of hydrogen-bond donors (Lipinski definition) is 1. The molecule has 3 rings (SSSR count). The van der Waals surface area contributed by atoms with Crippen LogP contribution >= 0.6 is 23.2 Å². The first kappa shape index (κ1) is 15.3. The van der Waals surface area contributed by atoms with Gasteiger partial charge in [-0.1, -0.05) is 47.0 Å². The topological polar surface area (TPSA) is 21.3 Å². The highest BCUT2D eigenvalue weighted by molar-refractivity contribution is 6.35. The van der Waals surface area contributed by atoms with Gasteiger partial charge in [-0.25, -0.2) is 0 Å². The van der Waals surface area contributed by atoms with Gasteiger partial charge < -0.3 is 10.1 Å². The van der Waals surface area contributed by atoms with Crippen LogP contribution in [0.5, 0.6) is 5.75 Å². The molecule has 1 N–H and O–H groups in total. The van der Waals surface area contributed by atoms with Crippen molar-refractivity contribution in [3.63, 3.8) is 0 Å². The molecule has 22 heavy (non-hydrogen) atoms. The van der Waals surface area contributed by atoms with E-state index < -0.39 is 0 Å². The smallest absolute Gasteiger partial charge is 0.137 e. The van der Waals surface area contributed by atoms with E-state index in [9.17, 15) is 0 Å². The highest BCUT2D eigenvalue weighted by Crippen LogP contribution is 2.28. The van der Waals surface area contributed by atoms with E-state index in [1.54, 1.807) is 18.2 Å². The molecule has 0 fully saturated rings. The third-order valence-electron chi connectivity index (χ3n) is 3.74. The fourth-order valence-corrected chi connectivity index (χ4v) is 2.97. The summed E-state index contributed by atoms with van der Waals surface area (Å²) >= 11 is 12.0. The fraction of sp³-hybridized carbons (Fsp3) is 0.222. The lowest BCUT2D eigenvalue weighted by Gasteiger charge is -2.09. The SMILES string of the molecule is Clc1ccc(OCCC2=CNc3ccccc3CC2)c(Cl)c1. The Balaban J connectivity index is 1.55. The summed E-state index contributed by atoms with van der Waals surface area (Å²) in [6.45, 7) is 0.602. The normalized spacial score (nSPS) is 13.6. The van der Waals surface area contributed by atoms with Crippen LogP contribution in [0.1, 0.15) is 18.4 Å². The van der Waals surface area contributed by atoms with Gasteiger partial charge in [0.2, 0.25) is 0 Å². The van der Waals surface area contributed by atoms with Gasteiger partial charge in [-0.15, -0.1) is 0 Å². The van der Waals surface area contributed by atoms with Crippen molar-refractivity contribution in [2.75, 3.05) is 11.9 Å². The maximum Gasteiger partial charge on any atom is 0.137 e. The summed E-state index contributed by atoms with van der Waals surface area (Å²) in [5, 5.41) is 4.55. The van der Waals surface area contributed by atoms with E-state index in [0.717, 1.165) is 19.3 Å². The van der Waals surface area contributed by atoms with Crippen molar-refractivity contribution in [1.82, 2.24) is 0 Å². The molecule has 0 saturated carbocycles. The molecule has 1 aliphatic rings. The van der Waals surface area contributed by atoms with Crippen LogP contribution in [-0.2, 0) is 6.42 Å². The van der Waals surface area contributed by atoms with Crippen molar-refractivity contribution in [3.05, 3.63) is 69.8 Å². The summed E-state index contributed by atoms with van der Waals surface area (Å²) in [5.74, 6) is 0.677. The Morgan fingerprint density at radius 1 is 1.05 bits per heavy atom. The molecule has 0 amide bonds. The van der Waals surface area contributed by atoms with Crippen molar-refractivity contribution < 1.29 is 4.74 Å². The van der Waals surface area contributed by atoms with Gasteiger partial charge in [0.1, 0.15) is 5.75 Å². The van der Waals surface area contributed by atoms with Gasteiger partial charge in [-0.2, -0.15) is 0 Å². The van der Waals surface area contributed by atoms with E-state index in [0.29, 0.717) is 22.4 Å². The standard InChI is InChI=1S/C18H17Cl2NO/c19-15-7-8-18(16(20)11-15)22-10-9-13-5-6-14-3-1-2-4-17(14)21-12-13/h1-4,7-8,11-12,21H,5-6,9-10H2. The van der Waals surface area contributed by atoms with Crippen LogP contribution in [0.15, 0.2) is 54.2 Å². The molecule has 0 radical (unpaired) electrons. The quantitative estimate of drug-likeness (QED) is 0.774. The Morgan fingerprint density at radius 2 is 1.91 bits per heavy atom. The van der Waals surface area contributed by atoms with Gasteiger partial charge >= 0.3 is 0 Å². The summed E-state index contributed by atoms with van der Waals surface area (Å²) in [6.07, 6.45) is 5.07. The average molecular weight is 334 g/mol. The van der Waals surface area contributed by atoms with Crippen molar-refractivity contribution in [1.29, 1.82) is 0 Å². The number of ether oxygens (including phenoxy) is 1. The van der Waals surface area contributed by atoms with Gasteiger partial charge in [0.05, 0.1) is 11.6 Å². The lowest BCUT2D eigenvalue weighted by atomic mass is 10.0.